The van der Waals surface area contributed by atoms with E-state index in [1.807, 2.05) is 0 Å². The minimum absolute atomic E-state index is 0.0229. The van der Waals surface area contributed by atoms with E-state index >= 15 is 0 Å². The van der Waals surface area contributed by atoms with E-state index in [4.69, 9.17) is 4.74 Å². The summed E-state index contributed by atoms with van der Waals surface area (Å²) >= 11 is 0. The molecule has 0 unspecified atom stereocenters. The zero-order valence-electron chi connectivity index (χ0n) is 16.2. The maximum Gasteiger partial charge on any atom is 0.136 e. The summed E-state index contributed by atoms with van der Waals surface area (Å²) in [4.78, 5) is 24.1. The van der Waals surface area contributed by atoms with Gasteiger partial charge in [0.05, 0.1) is 7.11 Å². The van der Waals surface area contributed by atoms with Crippen molar-refractivity contribution in [3.63, 3.8) is 0 Å². The molecule has 3 aliphatic rings. The van der Waals surface area contributed by atoms with Crippen LogP contribution in [0.25, 0.3) is 0 Å². The summed E-state index contributed by atoms with van der Waals surface area (Å²) in [5.41, 5.74) is 2.49. The average Bonchev–Trinajstić information content (AvgIpc) is 2.95. The molecule has 0 heterocycles. The average molecular weight is 354 g/mol. The van der Waals surface area contributed by atoms with Gasteiger partial charge in [0.15, 0.2) is 0 Å². The molecule has 1 aromatic carbocycles. The topological polar surface area (TPSA) is 43.4 Å². The van der Waals surface area contributed by atoms with Gasteiger partial charge in [-0.3, -0.25) is 4.79 Å². The van der Waals surface area contributed by atoms with Crippen LogP contribution in [0.2, 0.25) is 0 Å². The number of ketones is 1. The molecule has 0 spiro atoms. The molecular formula is C23H30O3. The van der Waals surface area contributed by atoms with Crippen LogP contribution in [0.3, 0.4) is 0 Å². The lowest BCUT2D eigenvalue weighted by Crippen LogP contribution is -2.50. The number of aryl methyl sites for hydroxylation is 1. The third-order valence-electron chi connectivity index (χ3n) is 8.40. The van der Waals surface area contributed by atoms with Gasteiger partial charge in [-0.1, -0.05) is 13.0 Å². The monoisotopic (exact) mass is 354 g/mol. The molecule has 0 N–H and O–H groups in total. The maximum atomic E-state index is 12.7. The summed E-state index contributed by atoms with van der Waals surface area (Å²) in [6.45, 7) is 4.03. The lowest BCUT2D eigenvalue weighted by atomic mass is 9.49. The van der Waals surface area contributed by atoms with E-state index in [2.05, 4.69) is 25.1 Å². The van der Waals surface area contributed by atoms with Gasteiger partial charge in [0.25, 0.3) is 0 Å². The van der Waals surface area contributed by atoms with Gasteiger partial charge in [-0.25, -0.2) is 0 Å². The van der Waals surface area contributed by atoms with Crippen LogP contribution < -0.4 is 4.74 Å². The maximum absolute atomic E-state index is 12.7. The first-order valence-corrected chi connectivity index (χ1v) is 10.1. The molecule has 140 valence electrons. The number of methoxy groups -OCH3 is 1. The molecule has 0 radical (unpaired) electrons. The Hall–Kier alpha value is -1.64. The van der Waals surface area contributed by atoms with Crippen molar-refractivity contribution in [3.8, 4) is 5.75 Å². The molecule has 3 heteroatoms. The largest absolute Gasteiger partial charge is 0.497 e. The number of aldehydes is 1. The summed E-state index contributed by atoms with van der Waals surface area (Å²) in [5.74, 6) is 2.98. The summed E-state index contributed by atoms with van der Waals surface area (Å²) in [6, 6.07) is 6.57. The highest BCUT2D eigenvalue weighted by Crippen LogP contribution is 2.68. The third-order valence-corrected chi connectivity index (χ3v) is 8.40. The number of carbonyl (C=O) groups is 2. The van der Waals surface area contributed by atoms with Gasteiger partial charge in [-0.2, -0.15) is 0 Å². The van der Waals surface area contributed by atoms with Crippen LogP contribution in [0.1, 0.15) is 69.4 Å². The van der Waals surface area contributed by atoms with Crippen molar-refractivity contribution in [2.75, 3.05) is 7.11 Å². The Bertz CT molecular complexity index is 739. The molecule has 3 nitrogen and oxygen atoms in total. The standard InChI is InChI=1S/C23H30O3/c1-15(25)23(12-13-24)11-9-21-20-6-4-16-14-17(26-3)5-7-18(16)19(20)8-10-22(21,23)2/h5,7,13-14,19-21H,4,6,8-12H2,1-3H3/t19-,20-,21+,22+,23+/m1/s1. The number of hydrogen-bond acceptors (Lipinski definition) is 3. The number of fused-ring (bicyclic) bond motifs is 5. The smallest absolute Gasteiger partial charge is 0.136 e. The molecule has 0 saturated heterocycles. The number of carbonyl (C=O) groups excluding carboxylic acids is 2. The normalized spacial score (nSPS) is 38.0. The van der Waals surface area contributed by atoms with Crippen LogP contribution in [-0.2, 0) is 16.0 Å². The molecule has 26 heavy (non-hydrogen) atoms. The number of benzene rings is 1. The van der Waals surface area contributed by atoms with Crippen molar-refractivity contribution in [1.82, 2.24) is 0 Å². The highest BCUT2D eigenvalue weighted by molar-refractivity contribution is 5.86. The van der Waals surface area contributed by atoms with E-state index < -0.39 is 5.41 Å². The van der Waals surface area contributed by atoms with Gasteiger partial charge in [-0.05, 0) is 91.9 Å². The molecule has 0 aliphatic heterocycles. The van der Waals surface area contributed by atoms with E-state index in [1.165, 1.54) is 17.5 Å². The Labute approximate surface area is 156 Å². The predicted octanol–water partition coefficient (Wildman–Crippen LogP) is 4.72. The van der Waals surface area contributed by atoms with E-state index in [0.717, 1.165) is 44.1 Å². The van der Waals surface area contributed by atoms with Crippen molar-refractivity contribution >= 4 is 12.1 Å². The molecule has 0 bridgehead atoms. The van der Waals surface area contributed by atoms with Crippen molar-refractivity contribution in [3.05, 3.63) is 29.3 Å². The van der Waals surface area contributed by atoms with Crippen molar-refractivity contribution in [2.24, 2.45) is 22.7 Å². The highest BCUT2D eigenvalue weighted by Gasteiger charge is 2.63. The molecule has 3 aliphatic carbocycles. The Morgan fingerprint density at radius 1 is 1.27 bits per heavy atom. The van der Waals surface area contributed by atoms with Crippen LogP contribution >= 0.6 is 0 Å². The van der Waals surface area contributed by atoms with Crippen LogP contribution in [0.15, 0.2) is 18.2 Å². The Morgan fingerprint density at radius 3 is 2.77 bits per heavy atom. The minimum Gasteiger partial charge on any atom is -0.497 e. The number of ether oxygens (including phenoxy) is 1. The summed E-state index contributed by atoms with van der Waals surface area (Å²) in [6.07, 6.45) is 7.85. The predicted molar refractivity (Wildman–Crippen MR) is 101 cm³/mol. The molecule has 0 amide bonds. The van der Waals surface area contributed by atoms with Crippen LogP contribution in [0.4, 0.5) is 0 Å². The van der Waals surface area contributed by atoms with E-state index in [9.17, 15) is 9.59 Å². The van der Waals surface area contributed by atoms with Crippen LogP contribution in [0.5, 0.6) is 5.75 Å². The lowest BCUT2D eigenvalue weighted by Gasteiger charge is -2.54. The fourth-order valence-corrected chi connectivity index (χ4v) is 7.02. The minimum atomic E-state index is -0.426. The Kier molecular flexibility index (Phi) is 4.24. The molecule has 4 rings (SSSR count). The van der Waals surface area contributed by atoms with Crippen LogP contribution in [0, 0.1) is 22.7 Å². The summed E-state index contributed by atoms with van der Waals surface area (Å²) < 4.78 is 5.41. The number of hydrogen-bond donors (Lipinski definition) is 0. The van der Waals surface area contributed by atoms with Crippen molar-refractivity contribution in [2.45, 2.75) is 64.7 Å². The SMILES string of the molecule is COc1ccc2c(c1)CC[C@@H]1[C@@H]2CC[C@@]2(C)[C@H]1CC[C@]2(CC=O)C(C)=O. The van der Waals surface area contributed by atoms with Gasteiger partial charge in [-0.15, -0.1) is 0 Å². The summed E-state index contributed by atoms with van der Waals surface area (Å²) in [5, 5.41) is 0. The van der Waals surface area contributed by atoms with Crippen molar-refractivity contribution < 1.29 is 14.3 Å². The molecular weight excluding hydrogens is 324 g/mol. The van der Waals surface area contributed by atoms with Gasteiger partial charge in [0.2, 0.25) is 0 Å². The summed E-state index contributed by atoms with van der Waals surface area (Å²) in [7, 11) is 1.73. The first-order chi connectivity index (χ1) is 12.5. The van der Waals surface area contributed by atoms with E-state index in [-0.39, 0.29) is 11.2 Å². The van der Waals surface area contributed by atoms with E-state index in [1.54, 1.807) is 14.0 Å². The molecule has 2 fully saturated rings. The second-order valence-electron chi connectivity index (χ2n) is 8.98. The fourth-order valence-electron chi connectivity index (χ4n) is 7.02. The fraction of sp³-hybridized carbons (Fsp3) is 0.652. The lowest BCUT2D eigenvalue weighted by molar-refractivity contribution is -0.140. The van der Waals surface area contributed by atoms with Gasteiger partial charge < -0.3 is 9.53 Å². The van der Waals surface area contributed by atoms with Crippen molar-refractivity contribution in [1.29, 1.82) is 0 Å². The molecule has 1 aromatic rings. The first-order valence-electron chi connectivity index (χ1n) is 10.1. The first kappa shape index (κ1) is 17.8. The quantitative estimate of drug-likeness (QED) is 0.735. The molecule has 2 saturated carbocycles. The third kappa shape index (κ3) is 2.25. The molecule has 5 atom stereocenters. The van der Waals surface area contributed by atoms with Gasteiger partial charge in [0, 0.05) is 11.8 Å². The Morgan fingerprint density at radius 2 is 2.08 bits per heavy atom. The van der Waals surface area contributed by atoms with Crippen LogP contribution in [-0.4, -0.2) is 19.2 Å². The zero-order valence-corrected chi connectivity index (χ0v) is 16.2. The number of Topliss-reactive ketones (excluding diaryl/α,β-unsaturated/α-hetero) is 1. The van der Waals surface area contributed by atoms with Gasteiger partial charge >= 0.3 is 0 Å². The molecule has 0 aromatic heterocycles. The van der Waals surface area contributed by atoms with E-state index in [0.29, 0.717) is 24.2 Å². The second kappa shape index (κ2) is 6.21. The Balaban J connectivity index is 1.70. The second-order valence-corrected chi connectivity index (χ2v) is 8.98. The zero-order chi connectivity index (χ0) is 18.5. The van der Waals surface area contributed by atoms with Gasteiger partial charge in [0.1, 0.15) is 17.8 Å². The number of rotatable bonds is 4. The highest BCUT2D eigenvalue weighted by atomic mass is 16.5.